The number of halogens is 2. The number of carbonyl (C=O) groups excluding carboxylic acids is 4. The number of rotatable bonds is 7. The van der Waals surface area contributed by atoms with Crippen LogP contribution in [0.5, 0.6) is 5.75 Å². The zero-order chi connectivity index (χ0) is 34.7. The molecule has 4 aromatic rings. The summed E-state index contributed by atoms with van der Waals surface area (Å²) < 4.78 is 6.50. The number of fused-ring (bicyclic) bond motifs is 4. The molecule has 8 rings (SSSR count). The van der Waals surface area contributed by atoms with Gasteiger partial charge in [0.2, 0.25) is 23.6 Å². The second-order valence-corrected chi connectivity index (χ2v) is 14.6. The fourth-order valence-corrected chi connectivity index (χ4v) is 9.33. The molecule has 2 aliphatic heterocycles. The number of imide groups is 2. The van der Waals surface area contributed by atoms with Gasteiger partial charge in [0.05, 0.1) is 41.2 Å². The number of nitrogens with zero attached hydrogens (tertiary/aromatic N) is 2. The van der Waals surface area contributed by atoms with Crippen LogP contribution in [-0.2, 0) is 24.6 Å². The number of hydrogen-bond donors (Lipinski definition) is 1. The van der Waals surface area contributed by atoms with Crippen LogP contribution in [0, 0.1) is 23.7 Å². The zero-order valence-electron chi connectivity index (χ0n) is 26.7. The van der Waals surface area contributed by atoms with Crippen LogP contribution >= 0.6 is 27.5 Å². The predicted octanol–water partition coefficient (Wildman–Crippen LogP) is 6.84. The van der Waals surface area contributed by atoms with Gasteiger partial charge in [0, 0.05) is 15.4 Å². The van der Waals surface area contributed by atoms with E-state index < -0.39 is 35.0 Å². The number of carbonyl (C=O) groups is 4. The van der Waals surface area contributed by atoms with Crippen LogP contribution in [0.3, 0.4) is 0 Å². The first-order valence-corrected chi connectivity index (χ1v) is 17.8. The van der Waals surface area contributed by atoms with Crippen molar-refractivity contribution in [1.82, 2.24) is 0 Å². The molecule has 2 saturated heterocycles. The molecule has 50 heavy (non-hydrogen) atoms. The van der Waals surface area contributed by atoms with E-state index >= 15 is 4.79 Å². The molecule has 0 spiro atoms. The molecule has 6 atom stereocenters. The van der Waals surface area contributed by atoms with Crippen molar-refractivity contribution in [3.63, 3.8) is 0 Å². The second kappa shape index (κ2) is 12.6. The highest BCUT2D eigenvalue weighted by molar-refractivity contribution is 9.10. The summed E-state index contributed by atoms with van der Waals surface area (Å²) in [5, 5.41) is 9.71. The summed E-state index contributed by atoms with van der Waals surface area (Å²) in [7, 11) is 0. The lowest BCUT2D eigenvalue weighted by molar-refractivity contribution is -0.127. The molecule has 2 aliphatic carbocycles. The normalized spacial score (nSPS) is 27.2. The summed E-state index contributed by atoms with van der Waals surface area (Å²) in [6, 6.07) is 30.6. The summed E-state index contributed by atoms with van der Waals surface area (Å²) in [5.41, 5.74) is 1.88. The molecule has 0 bridgehead atoms. The Bertz CT molecular complexity index is 2050. The summed E-state index contributed by atoms with van der Waals surface area (Å²) in [6.07, 6.45) is 2.59. The fraction of sp³-hybridized carbons (Fsp3) is 0.250. The molecule has 10 heteroatoms. The number of benzene rings is 4. The third kappa shape index (κ3) is 4.89. The van der Waals surface area contributed by atoms with E-state index in [1.807, 2.05) is 48.5 Å². The lowest BCUT2D eigenvalue weighted by atomic mass is 9.49. The van der Waals surface area contributed by atoms with Crippen molar-refractivity contribution in [2.75, 3.05) is 23.0 Å². The Morgan fingerprint density at radius 3 is 2.24 bits per heavy atom. The van der Waals surface area contributed by atoms with E-state index in [-0.39, 0.29) is 43.3 Å². The van der Waals surface area contributed by atoms with Gasteiger partial charge in [-0.25, -0.2) is 4.90 Å². The van der Waals surface area contributed by atoms with Gasteiger partial charge in [-0.05, 0) is 84.5 Å². The van der Waals surface area contributed by atoms with Crippen LogP contribution in [0.25, 0.3) is 0 Å². The zero-order valence-corrected chi connectivity index (χ0v) is 29.1. The fourth-order valence-electron chi connectivity index (χ4n) is 8.88. The third-order valence-corrected chi connectivity index (χ3v) is 11.6. The molecule has 0 radical (unpaired) electrons. The van der Waals surface area contributed by atoms with E-state index in [0.29, 0.717) is 34.1 Å². The summed E-state index contributed by atoms with van der Waals surface area (Å²) in [4.78, 5) is 61.1. The van der Waals surface area contributed by atoms with E-state index in [2.05, 4.69) is 15.9 Å². The molecular weight excluding hydrogens is 720 g/mol. The molecule has 4 aromatic carbocycles. The van der Waals surface area contributed by atoms with E-state index in [1.54, 1.807) is 60.7 Å². The van der Waals surface area contributed by atoms with Gasteiger partial charge in [0.25, 0.3) is 0 Å². The van der Waals surface area contributed by atoms with Crippen LogP contribution < -0.4 is 14.5 Å². The maximum Gasteiger partial charge on any atom is 0.246 e. The maximum atomic E-state index is 15.3. The summed E-state index contributed by atoms with van der Waals surface area (Å²) in [6.45, 7) is -0.0119. The number of anilines is 2. The Kier molecular flexibility index (Phi) is 8.25. The number of allylic oxidation sites excluding steroid dienone is 2. The minimum atomic E-state index is -1.36. The Morgan fingerprint density at radius 1 is 0.800 bits per heavy atom. The average molecular weight is 752 g/mol. The lowest BCUT2D eigenvalue weighted by Gasteiger charge is -2.50. The predicted molar refractivity (Wildman–Crippen MR) is 192 cm³/mol. The molecule has 2 heterocycles. The highest BCUT2D eigenvalue weighted by atomic mass is 79.9. The molecule has 4 amide bonds. The van der Waals surface area contributed by atoms with Crippen molar-refractivity contribution in [3.05, 3.63) is 135 Å². The molecule has 1 saturated carbocycles. The highest BCUT2D eigenvalue weighted by Gasteiger charge is 2.70. The number of ether oxygens (including phenoxy) is 1. The minimum Gasteiger partial charge on any atom is -0.491 e. The van der Waals surface area contributed by atoms with Crippen LogP contribution in [0.2, 0.25) is 5.02 Å². The molecule has 1 N–H and O–H groups in total. The Balaban J connectivity index is 1.32. The van der Waals surface area contributed by atoms with E-state index in [0.717, 1.165) is 15.6 Å². The van der Waals surface area contributed by atoms with Crippen molar-refractivity contribution in [2.45, 2.75) is 24.2 Å². The van der Waals surface area contributed by atoms with Gasteiger partial charge in [0.1, 0.15) is 12.4 Å². The van der Waals surface area contributed by atoms with Crippen molar-refractivity contribution < 1.29 is 29.0 Å². The van der Waals surface area contributed by atoms with Gasteiger partial charge in [-0.2, -0.15) is 0 Å². The van der Waals surface area contributed by atoms with E-state index in [4.69, 9.17) is 16.3 Å². The number of amides is 4. The van der Waals surface area contributed by atoms with Crippen LogP contribution in [0.1, 0.15) is 29.9 Å². The summed E-state index contributed by atoms with van der Waals surface area (Å²) in [5.74, 6) is -3.98. The van der Waals surface area contributed by atoms with Crippen molar-refractivity contribution in [3.8, 4) is 5.75 Å². The van der Waals surface area contributed by atoms with E-state index in [1.165, 1.54) is 9.80 Å². The van der Waals surface area contributed by atoms with Crippen molar-refractivity contribution >= 4 is 62.5 Å². The number of hydrogen-bond acceptors (Lipinski definition) is 6. The Morgan fingerprint density at radius 2 is 1.54 bits per heavy atom. The number of aliphatic hydroxyl groups excluding tert-OH is 1. The first kappa shape index (κ1) is 32.6. The van der Waals surface area contributed by atoms with Crippen LogP contribution in [0.4, 0.5) is 11.4 Å². The van der Waals surface area contributed by atoms with Gasteiger partial charge < -0.3 is 9.84 Å². The maximum absolute atomic E-state index is 15.3. The van der Waals surface area contributed by atoms with Crippen LogP contribution in [-0.4, -0.2) is 41.9 Å². The van der Waals surface area contributed by atoms with Gasteiger partial charge >= 0.3 is 0 Å². The molecular formula is C40H32BrClN2O6. The lowest BCUT2D eigenvalue weighted by Crippen LogP contribution is -2.53. The molecule has 4 aliphatic rings. The first-order valence-electron chi connectivity index (χ1n) is 16.6. The smallest absolute Gasteiger partial charge is 0.246 e. The van der Waals surface area contributed by atoms with Gasteiger partial charge in [-0.15, -0.1) is 0 Å². The standard InChI is InChI=1S/C40H32BrClN2O6/c41-25-11-13-27(14-12-25)43-36(46)31-18-17-30-32(34(31)38(43)48)22-33-37(47)44(28-8-4-7-26(42)21-28)39(49)40(33,24-5-2-1-3-6-24)35(30)23-9-15-29(16-10-23)50-20-19-45/h1-17,21,31-35,45H,18-20,22H2. The van der Waals surface area contributed by atoms with Crippen LogP contribution in [0.15, 0.2) is 119 Å². The topological polar surface area (TPSA) is 104 Å². The minimum absolute atomic E-state index is 0.127. The molecule has 3 fully saturated rings. The molecule has 0 aromatic heterocycles. The molecule has 8 nitrogen and oxygen atoms in total. The first-order chi connectivity index (χ1) is 24.2. The van der Waals surface area contributed by atoms with Crippen molar-refractivity contribution in [2.24, 2.45) is 23.7 Å². The molecule has 6 unspecified atom stereocenters. The second-order valence-electron chi connectivity index (χ2n) is 13.2. The summed E-state index contributed by atoms with van der Waals surface area (Å²) >= 11 is 9.84. The van der Waals surface area contributed by atoms with Crippen molar-refractivity contribution in [1.29, 1.82) is 0 Å². The quantitative estimate of drug-likeness (QED) is 0.164. The van der Waals surface area contributed by atoms with Gasteiger partial charge in [0.15, 0.2) is 0 Å². The van der Waals surface area contributed by atoms with Gasteiger partial charge in [-0.1, -0.05) is 87.7 Å². The molecule has 252 valence electrons. The Labute approximate surface area is 302 Å². The average Bonchev–Trinajstić information content (AvgIpc) is 3.52. The largest absolute Gasteiger partial charge is 0.491 e. The monoisotopic (exact) mass is 750 g/mol. The number of aliphatic hydroxyl groups is 1. The van der Waals surface area contributed by atoms with Gasteiger partial charge in [-0.3, -0.25) is 24.1 Å². The SMILES string of the molecule is O=C1C2CC=C3C(CC4C(=O)N(c5cccc(Cl)c5)C(=O)C4(c4ccccc4)C3c3ccc(OCCO)cc3)C2C(=O)N1c1ccc(Br)cc1. The Hall–Kier alpha value is -4.57. The third-order valence-electron chi connectivity index (χ3n) is 10.8. The highest BCUT2D eigenvalue weighted by Crippen LogP contribution is 2.64. The van der Waals surface area contributed by atoms with E-state index in [9.17, 15) is 19.5 Å².